The van der Waals surface area contributed by atoms with Crippen molar-refractivity contribution in [3.05, 3.63) is 22.8 Å². The highest BCUT2D eigenvalue weighted by Gasteiger charge is 2.21. The van der Waals surface area contributed by atoms with Gasteiger partial charge in [0.25, 0.3) is 0 Å². The van der Waals surface area contributed by atoms with Crippen molar-refractivity contribution in [2.75, 3.05) is 13.1 Å². The van der Waals surface area contributed by atoms with Crippen LogP contribution in [-0.4, -0.2) is 28.0 Å². The molecule has 2 heterocycles. The molecule has 0 radical (unpaired) electrons. The van der Waals surface area contributed by atoms with E-state index in [0.717, 1.165) is 31.9 Å². The van der Waals surface area contributed by atoms with Crippen LogP contribution in [-0.2, 0) is 13.0 Å². The average Bonchev–Trinajstić information content (AvgIpc) is 2.27. The lowest BCUT2D eigenvalue weighted by atomic mass is 9.97. The molecule has 0 amide bonds. The monoisotopic (exact) mass is 219 g/mol. The van der Waals surface area contributed by atoms with Crippen molar-refractivity contribution in [3.63, 3.8) is 0 Å². The Morgan fingerprint density at radius 3 is 2.69 bits per heavy atom. The van der Waals surface area contributed by atoms with Gasteiger partial charge in [0, 0.05) is 25.1 Å². The minimum absolute atomic E-state index is 0.493. The van der Waals surface area contributed by atoms with Crippen LogP contribution in [0.3, 0.4) is 0 Å². The van der Waals surface area contributed by atoms with Crippen LogP contribution in [0.25, 0.3) is 0 Å². The fourth-order valence-corrected chi connectivity index (χ4v) is 2.37. The highest BCUT2D eigenvalue weighted by molar-refractivity contribution is 5.30. The topological polar surface area (TPSA) is 29.0 Å². The average molecular weight is 219 g/mol. The lowest BCUT2D eigenvalue weighted by molar-refractivity contribution is 0.263. The van der Waals surface area contributed by atoms with Gasteiger partial charge in [0.1, 0.15) is 5.82 Å². The van der Waals surface area contributed by atoms with Gasteiger partial charge in [-0.05, 0) is 19.4 Å². The predicted octanol–water partition coefficient (Wildman–Crippen LogP) is 2.29. The van der Waals surface area contributed by atoms with E-state index >= 15 is 0 Å². The first-order valence-corrected chi connectivity index (χ1v) is 6.20. The van der Waals surface area contributed by atoms with Crippen molar-refractivity contribution < 1.29 is 0 Å². The molecule has 1 aliphatic heterocycles. The Balaban J connectivity index is 2.43. The molecule has 0 unspecified atom stereocenters. The first kappa shape index (κ1) is 11.5. The second-order valence-electron chi connectivity index (χ2n) is 4.85. The van der Waals surface area contributed by atoms with Crippen molar-refractivity contribution in [1.29, 1.82) is 0 Å². The van der Waals surface area contributed by atoms with E-state index < -0.39 is 0 Å². The molecule has 0 N–H and O–H groups in total. The predicted molar refractivity (Wildman–Crippen MR) is 65.5 cm³/mol. The van der Waals surface area contributed by atoms with Crippen LogP contribution < -0.4 is 0 Å². The van der Waals surface area contributed by atoms with E-state index in [1.807, 2.05) is 6.92 Å². The Labute approximate surface area is 97.9 Å². The van der Waals surface area contributed by atoms with Crippen molar-refractivity contribution in [1.82, 2.24) is 14.9 Å². The highest BCUT2D eigenvalue weighted by atomic mass is 15.1. The van der Waals surface area contributed by atoms with Crippen molar-refractivity contribution >= 4 is 0 Å². The molecule has 0 aliphatic carbocycles. The molecule has 3 heteroatoms. The van der Waals surface area contributed by atoms with Crippen LogP contribution in [0.1, 0.15) is 49.5 Å². The van der Waals surface area contributed by atoms with E-state index in [4.69, 9.17) is 0 Å². The zero-order valence-electron chi connectivity index (χ0n) is 10.7. The maximum Gasteiger partial charge on any atom is 0.125 e. The minimum Gasteiger partial charge on any atom is -0.299 e. The van der Waals surface area contributed by atoms with Gasteiger partial charge in [0.05, 0.1) is 11.4 Å². The summed E-state index contributed by atoms with van der Waals surface area (Å²) in [5.74, 6) is 1.42. The molecule has 88 valence electrons. The second kappa shape index (κ2) is 4.50. The van der Waals surface area contributed by atoms with Crippen molar-refractivity contribution in [3.8, 4) is 0 Å². The number of fused-ring (bicyclic) bond motifs is 1. The Morgan fingerprint density at radius 2 is 2.06 bits per heavy atom. The molecule has 0 bridgehead atoms. The standard InChI is InChI=1S/C13H21N3/c1-5-16-7-6-12-11(8-16)13(9(2)3)15-10(4)14-12/h9H,5-8H2,1-4H3. The fraction of sp³-hybridized carbons (Fsp3) is 0.692. The van der Waals surface area contributed by atoms with E-state index in [2.05, 4.69) is 35.6 Å². The summed E-state index contributed by atoms with van der Waals surface area (Å²) in [4.78, 5) is 11.7. The number of aryl methyl sites for hydroxylation is 1. The zero-order chi connectivity index (χ0) is 11.7. The fourth-order valence-electron chi connectivity index (χ4n) is 2.37. The summed E-state index contributed by atoms with van der Waals surface area (Å²) >= 11 is 0. The summed E-state index contributed by atoms with van der Waals surface area (Å²) in [6.07, 6.45) is 1.08. The van der Waals surface area contributed by atoms with E-state index in [9.17, 15) is 0 Å². The minimum atomic E-state index is 0.493. The number of aromatic nitrogens is 2. The van der Waals surface area contributed by atoms with Gasteiger partial charge in [-0.3, -0.25) is 4.90 Å². The highest BCUT2D eigenvalue weighted by Crippen LogP contribution is 2.25. The van der Waals surface area contributed by atoms with Gasteiger partial charge in [0.2, 0.25) is 0 Å². The maximum atomic E-state index is 4.62. The molecular formula is C13H21N3. The Bertz CT molecular complexity index is 385. The Hall–Kier alpha value is -0.960. The third-order valence-electron chi connectivity index (χ3n) is 3.28. The van der Waals surface area contributed by atoms with Gasteiger partial charge in [-0.15, -0.1) is 0 Å². The van der Waals surface area contributed by atoms with Crippen LogP contribution in [0.4, 0.5) is 0 Å². The molecule has 1 aromatic rings. The smallest absolute Gasteiger partial charge is 0.125 e. The van der Waals surface area contributed by atoms with Gasteiger partial charge < -0.3 is 0 Å². The molecule has 0 spiro atoms. The lowest BCUT2D eigenvalue weighted by Crippen LogP contribution is -2.32. The first-order chi connectivity index (χ1) is 7.61. The number of rotatable bonds is 2. The van der Waals surface area contributed by atoms with Crippen LogP contribution in [0.15, 0.2) is 0 Å². The molecule has 2 rings (SSSR count). The summed E-state index contributed by atoms with van der Waals surface area (Å²) in [6.45, 7) is 11.9. The zero-order valence-corrected chi connectivity index (χ0v) is 10.7. The Morgan fingerprint density at radius 1 is 1.31 bits per heavy atom. The van der Waals surface area contributed by atoms with Crippen LogP contribution >= 0.6 is 0 Å². The quantitative estimate of drug-likeness (QED) is 0.764. The van der Waals surface area contributed by atoms with E-state index in [-0.39, 0.29) is 0 Å². The van der Waals surface area contributed by atoms with Crippen molar-refractivity contribution in [2.24, 2.45) is 0 Å². The molecule has 0 atom stereocenters. The molecule has 0 aromatic carbocycles. The second-order valence-corrected chi connectivity index (χ2v) is 4.85. The molecule has 0 fully saturated rings. The van der Waals surface area contributed by atoms with Gasteiger partial charge in [0.15, 0.2) is 0 Å². The van der Waals surface area contributed by atoms with Gasteiger partial charge >= 0.3 is 0 Å². The maximum absolute atomic E-state index is 4.62. The van der Waals surface area contributed by atoms with E-state index in [0.29, 0.717) is 5.92 Å². The molecule has 1 aliphatic rings. The first-order valence-electron chi connectivity index (χ1n) is 6.20. The lowest BCUT2D eigenvalue weighted by Gasteiger charge is -2.29. The number of nitrogens with zero attached hydrogens (tertiary/aromatic N) is 3. The van der Waals surface area contributed by atoms with Gasteiger partial charge in [-0.25, -0.2) is 9.97 Å². The van der Waals surface area contributed by atoms with Gasteiger partial charge in [-0.2, -0.15) is 0 Å². The summed E-state index contributed by atoms with van der Waals surface area (Å²) in [6, 6.07) is 0. The van der Waals surface area contributed by atoms with E-state index in [1.165, 1.54) is 17.0 Å². The SMILES string of the molecule is CCN1CCc2nc(C)nc(C(C)C)c2C1. The number of hydrogen-bond donors (Lipinski definition) is 0. The summed E-state index contributed by atoms with van der Waals surface area (Å²) in [5, 5.41) is 0. The Kier molecular flexibility index (Phi) is 3.24. The molecule has 1 aromatic heterocycles. The van der Waals surface area contributed by atoms with Gasteiger partial charge in [-0.1, -0.05) is 20.8 Å². The van der Waals surface area contributed by atoms with Crippen molar-refractivity contribution in [2.45, 2.75) is 46.6 Å². The number of hydrogen-bond acceptors (Lipinski definition) is 3. The largest absolute Gasteiger partial charge is 0.299 e. The van der Waals surface area contributed by atoms with E-state index in [1.54, 1.807) is 0 Å². The number of likely N-dealkylation sites (N-methyl/N-ethyl adjacent to an activating group) is 1. The van der Waals surface area contributed by atoms with Crippen LogP contribution in [0.5, 0.6) is 0 Å². The molecule has 0 saturated heterocycles. The van der Waals surface area contributed by atoms with Crippen LogP contribution in [0, 0.1) is 6.92 Å². The molecular weight excluding hydrogens is 198 g/mol. The third-order valence-corrected chi connectivity index (χ3v) is 3.28. The molecule has 0 saturated carbocycles. The summed E-state index contributed by atoms with van der Waals surface area (Å²) in [5.41, 5.74) is 3.91. The summed E-state index contributed by atoms with van der Waals surface area (Å²) in [7, 11) is 0. The third kappa shape index (κ3) is 2.09. The van der Waals surface area contributed by atoms with Crippen LogP contribution in [0.2, 0.25) is 0 Å². The molecule has 16 heavy (non-hydrogen) atoms. The molecule has 3 nitrogen and oxygen atoms in total. The normalized spacial score (nSPS) is 16.6. The summed E-state index contributed by atoms with van der Waals surface area (Å²) < 4.78 is 0.